The molecule has 1 amide bonds. The summed E-state index contributed by atoms with van der Waals surface area (Å²) in [6.45, 7) is 0. The minimum absolute atomic E-state index is 0.00670. The van der Waals surface area contributed by atoms with Crippen LogP contribution < -0.4 is 5.32 Å². The third-order valence-corrected chi connectivity index (χ3v) is 4.09. The van der Waals surface area contributed by atoms with E-state index in [-0.39, 0.29) is 11.8 Å². The maximum Gasteiger partial charge on any atom is 0.220 e. The zero-order chi connectivity index (χ0) is 15.5. The van der Waals surface area contributed by atoms with Crippen LogP contribution >= 0.6 is 11.6 Å². The van der Waals surface area contributed by atoms with E-state index in [0.717, 1.165) is 22.0 Å². The predicted molar refractivity (Wildman–Crippen MR) is 88.1 cm³/mol. The fraction of sp³-hybridized carbons (Fsp3) is 0.176. The third-order valence-electron chi connectivity index (χ3n) is 3.80. The number of hydrogen-bond donors (Lipinski definition) is 2. The molecule has 22 heavy (non-hydrogen) atoms. The molecule has 0 saturated heterocycles. The summed E-state index contributed by atoms with van der Waals surface area (Å²) in [5.74, 6) is -0.0104. The number of benzene rings is 2. The lowest BCUT2D eigenvalue weighted by atomic mass is 9.88. The van der Waals surface area contributed by atoms with Gasteiger partial charge in [-0.3, -0.25) is 9.89 Å². The summed E-state index contributed by atoms with van der Waals surface area (Å²) in [7, 11) is 1.65. The number of carbonyl (C=O) groups is 1. The first-order valence-electron chi connectivity index (χ1n) is 7.08. The van der Waals surface area contributed by atoms with Crippen LogP contribution in [0.1, 0.15) is 23.5 Å². The summed E-state index contributed by atoms with van der Waals surface area (Å²) in [4.78, 5) is 11.9. The number of rotatable bonds is 4. The molecule has 2 N–H and O–H groups in total. The van der Waals surface area contributed by atoms with Crippen molar-refractivity contribution < 1.29 is 4.79 Å². The summed E-state index contributed by atoms with van der Waals surface area (Å²) in [6, 6.07) is 15.9. The summed E-state index contributed by atoms with van der Waals surface area (Å²) in [5, 5.41) is 11.0. The number of fused-ring (bicyclic) bond motifs is 1. The van der Waals surface area contributed by atoms with E-state index in [1.165, 1.54) is 0 Å². The van der Waals surface area contributed by atoms with Gasteiger partial charge in [0.25, 0.3) is 0 Å². The van der Waals surface area contributed by atoms with Crippen LogP contribution in [0, 0.1) is 0 Å². The highest BCUT2D eigenvalue weighted by Gasteiger charge is 2.18. The first-order valence-corrected chi connectivity index (χ1v) is 7.46. The second-order valence-electron chi connectivity index (χ2n) is 5.15. The Bertz CT molecular complexity index is 798. The lowest BCUT2D eigenvalue weighted by Gasteiger charge is -2.17. The molecule has 2 aromatic carbocycles. The molecule has 0 aliphatic heterocycles. The molecule has 1 atom stereocenters. The van der Waals surface area contributed by atoms with E-state index in [4.69, 9.17) is 11.6 Å². The summed E-state index contributed by atoms with van der Waals surface area (Å²) < 4.78 is 0. The van der Waals surface area contributed by atoms with Gasteiger partial charge in [0.1, 0.15) is 5.15 Å². The van der Waals surface area contributed by atoms with Crippen LogP contribution in [0.5, 0.6) is 0 Å². The van der Waals surface area contributed by atoms with Crippen LogP contribution in [0.15, 0.2) is 48.5 Å². The maximum absolute atomic E-state index is 11.9. The van der Waals surface area contributed by atoms with E-state index in [1.807, 2.05) is 48.5 Å². The molecule has 1 heterocycles. The van der Waals surface area contributed by atoms with Gasteiger partial charge < -0.3 is 5.32 Å². The van der Waals surface area contributed by atoms with Crippen molar-refractivity contribution in [1.82, 2.24) is 15.5 Å². The third kappa shape index (κ3) is 2.83. The number of amides is 1. The van der Waals surface area contributed by atoms with E-state index >= 15 is 0 Å². The number of aromatic amines is 1. The minimum Gasteiger partial charge on any atom is -0.359 e. The van der Waals surface area contributed by atoms with E-state index in [0.29, 0.717) is 11.6 Å². The Labute approximate surface area is 133 Å². The molecule has 0 spiro atoms. The predicted octanol–water partition coefficient (Wildman–Crippen LogP) is 3.48. The Morgan fingerprint density at radius 1 is 1.23 bits per heavy atom. The van der Waals surface area contributed by atoms with E-state index in [9.17, 15) is 4.79 Å². The highest BCUT2D eigenvalue weighted by atomic mass is 35.5. The average Bonchev–Trinajstić information content (AvgIpc) is 2.94. The van der Waals surface area contributed by atoms with Gasteiger partial charge in [-0.05, 0) is 23.3 Å². The smallest absolute Gasteiger partial charge is 0.220 e. The first kappa shape index (κ1) is 14.6. The van der Waals surface area contributed by atoms with Gasteiger partial charge in [-0.15, -0.1) is 0 Å². The Morgan fingerprint density at radius 2 is 2.00 bits per heavy atom. The monoisotopic (exact) mass is 313 g/mol. The van der Waals surface area contributed by atoms with E-state index in [2.05, 4.69) is 15.5 Å². The van der Waals surface area contributed by atoms with Crippen molar-refractivity contribution in [2.75, 3.05) is 7.05 Å². The molecule has 5 heteroatoms. The van der Waals surface area contributed by atoms with E-state index in [1.54, 1.807) is 7.05 Å². The molecule has 1 aromatic heterocycles. The lowest BCUT2D eigenvalue weighted by Crippen LogP contribution is -2.21. The summed E-state index contributed by atoms with van der Waals surface area (Å²) in [6.07, 6.45) is 0.390. The molecule has 0 aliphatic rings. The van der Waals surface area contributed by atoms with Crippen LogP contribution in [-0.4, -0.2) is 23.2 Å². The standard InChI is InChI=1S/C17H16ClN3O/c1-19-16(22)10-13(11-5-3-2-4-6-11)12-7-8-15-14(9-12)17(18)21-20-15/h2-9,13H,10H2,1H3,(H,19,22)(H,20,21). The topological polar surface area (TPSA) is 57.8 Å². The highest BCUT2D eigenvalue weighted by molar-refractivity contribution is 6.34. The van der Waals surface area contributed by atoms with Crippen LogP contribution in [0.25, 0.3) is 10.9 Å². The van der Waals surface area contributed by atoms with Crippen molar-refractivity contribution in [1.29, 1.82) is 0 Å². The average molecular weight is 314 g/mol. The SMILES string of the molecule is CNC(=O)CC(c1ccccc1)c1ccc2n[nH]c(Cl)c2c1. The summed E-state index contributed by atoms with van der Waals surface area (Å²) >= 11 is 6.13. The molecule has 0 saturated carbocycles. The Kier molecular flexibility index (Phi) is 4.11. The molecule has 0 bridgehead atoms. The number of carbonyl (C=O) groups excluding carboxylic acids is 1. The van der Waals surface area contributed by atoms with Gasteiger partial charge in [0.2, 0.25) is 5.91 Å². The van der Waals surface area contributed by atoms with Crippen molar-refractivity contribution in [3.8, 4) is 0 Å². The van der Waals surface area contributed by atoms with Gasteiger partial charge in [0.15, 0.2) is 0 Å². The molecular formula is C17H16ClN3O. The number of nitrogens with zero attached hydrogens (tertiary/aromatic N) is 1. The molecular weight excluding hydrogens is 298 g/mol. The van der Waals surface area contributed by atoms with Crippen molar-refractivity contribution in [2.24, 2.45) is 0 Å². The van der Waals surface area contributed by atoms with Crippen LogP contribution in [0.3, 0.4) is 0 Å². The van der Waals surface area contributed by atoms with Gasteiger partial charge in [-0.1, -0.05) is 48.0 Å². The molecule has 112 valence electrons. The molecule has 3 aromatic rings. The first-order chi connectivity index (χ1) is 10.7. The van der Waals surface area contributed by atoms with Gasteiger partial charge in [-0.25, -0.2) is 0 Å². The molecule has 1 unspecified atom stereocenters. The van der Waals surface area contributed by atoms with Gasteiger partial charge in [0.05, 0.1) is 5.52 Å². The number of nitrogens with one attached hydrogen (secondary N) is 2. The fourth-order valence-corrected chi connectivity index (χ4v) is 2.81. The van der Waals surface area contributed by atoms with E-state index < -0.39 is 0 Å². The maximum atomic E-state index is 11.9. The quantitative estimate of drug-likeness (QED) is 0.774. The number of hydrogen-bond acceptors (Lipinski definition) is 2. The zero-order valence-corrected chi connectivity index (χ0v) is 12.9. The Morgan fingerprint density at radius 3 is 2.73 bits per heavy atom. The summed E-state index contributed by atoms with van der Waals surface area (Å²) in [5.41, 5.74) is 2.97. The highest BCUT2D eigenvalue weighted by Crippen LogP contribution is 2.31. The number of H-pyrrole nitrogens is 1. The van der Waals surface area contributed by atoms with Crippen molar-refractivity contribution in [3.05, 3.63) is 64.8 Å². The normalized spacial score (nSPS) is 12.3. The van der Waals surface area contributed by atoms with Gasteiger partial charge >= 0.3 is 0 Å². The Balaban J connectivity index is 2.06. The van der Waals surface area contributed by atoms with Crippen molar-refractivity contribution in [2.45, 2.75) is 12.3 Å². The molecule has 0 aliphatic carbocycles. The van der Waals surface area contributed by atoms with Crippen LogP contribution in [-0.2, 0) is 4.79 Å². The molecule has 0 radical (unpaired) electrons. The van der Waals surface area contributed by atoms with Crippen molar-refractivity contribution >= 4 is 28.4 Å². The molecule has 4 nitrogen and oxygen atoms in total. The van der Waals surface area contributed by atoms with Crippen molar-refractivity contribution in [3.63, 3.8) is 0 Å². The number of halogens is 1. The molecule has 0 fully saturated rings. The zero-order valence-electron chi connectivity index (χ0n) is 12.1. The van der Waals surface area contributed by atoms with Gasteiger partial charge in [-0.2, -0.15) is 5.10 Å². The largest absolute Gasteiger partial charge is 0.359 e. The second-order valence-corrected chi connectivity index (χ2v) is 5.53. The van der Waals surface area contributed by atoms with Crippen LogP contribution in [0.4, 0.5) is 0 Å². The van der Waals surface area contributed by atoms with Crippen LogP contribution in [0.2, 0.25) is 5.15 Å². The molecule has 3 rings (SSSR count). The lowest BCUT2D eigenvalue weighted by molar-refractivity contribution is -0.120. The minimum atomic E-state index is -0.0171. The fourth-order valence-electron chi connectivity index (χ4n) is 2.61. The Hall–Kier alpha value is -2.33. The van der Waals surface area contributed by atoms with Gasteiger partial charge in [0, 0.05) is 24.8 Å². The number of aromatic nitrogens is 2. The second kappa shape index (κ2) is 6.20.